The summed E-state index contributed by atoms with van der Waals surface area (Å²) in [5.74, 6) is 0.911. The average molecular weight is 425 g/mol. The summed E-state index contributed by atoms with van der Waals surface area (Å²) in [4.78, 5) is 16.4. The third-order valence-electron chi connectivity index (χ3n) is 4.83. The van der Waals surface area contributed by atoms with Gasteiger partial charge >= 0.3 is 0 Å². The third-order valence-corrected chi connectivity index (χ3v) is 5.38. The van der Waals surface area contributed by atoms with Gasteiger partial charge in [0, 0.05) is 49.4 Å². The fourth-order valence-corrected chi connectivity index (χ4v) is 3.71. The average Bonchev–Trinajstić information content (AvgIpc) is 3.12. The van der Waals surface area contributed by atoms with Crippen molar-refractivity contribution in [3.8, 4) is 11.3 Å². The Morgan fingerprint density at radius 2 is 1.93 bits per heavy atom. The number of hydrogen-bond donors (Lipinski definition) is 1. The van der Waals surface area contributed by atoms with E-state index in [1.54, 1.807) is 12.1 Å². The van der Waals surface area contributed by atoms with E-state index in [1.807, 2.05) is 12.1 Å². The highest BCUT2D eigenvalue weighted by molar-refractivity contribution is 6.36. The van der Waals surface area contributed by atoms with Gasteiger partial charge in [-0.15, -0.1) is 0 Å². The first-order chi connectivity index (χ1) is 13.5. The Morgan fingerprint density at radius 1 is 1.18 bits per heavy atom. The van der Waals surface area contributed by atoms with Crippen LogP contribution in [0.2, 0.25) is 10.0 Å². The highest BCUT2D eigenvalue weighted by atomic mass is 35.5. The standard InChI is InChI=1S/C20H26Cl2N4O2/c1-2-3-6-23-20(27)14-26-9-7-25(8-10-26)13-16-12-19(24-28-16)17-5-4-15(21)11-18(17)22/h4-5,11-12H,2-3,6-10,13-14H2,1H3,(H,23,27). The molecule has 1 saturated heterocycles. The molecule has 0 unspecified atom stereocenters. The monoisotopic (exact) mass is 424 g/mol. The maximum Gasteiger partial charge on any atom is 0.234 e. The van der Waals surface area contributed by atoms with Gasteiger partial charge in [0.2, 0.25) is 5.91 Å². The number of hydrogen-bond acceptors (Lipinski definition) is 5. The van der Waals surface area contributed by atoms with E-state index in [1.165, 1.54) is 0 Å². The van der Waals surface area contributed by atoms with Crippen LogP contribution in [0.5, 0.6) is 0 Å². The van der Waals surface area contributed by atoms with E-state index < -0.39 is 0 Å². The fourth-order valence-electron chi connectivity index (χ4n) is 3.20. The van der Waals surface area contributed by atoms with Gasteiger partial charge < -0.3 is 9.84 Å². The Morgan fingerprint density at radius 3 is 2.64 bits per heavy atom. The molecular weight excluding hydrogens is 399 g/mol. The van der Waals surface area contributed by atoms with E-state index in [9.17, 15) is 4.79 Å². The summed E-state index contributed by atoms with van der Waals surface area (Å²) in [6.45, 7) is 7.55. The minimum absolute atomic E-state index is 0.113. The highest BCUT2D eigenvalue weighted by Crippen LogP contribution is 2.30. The minimum atomic E-state index is 0.113. The van der Waals surface area contributed by atoms with Gasteiger partial charge in [-0.3, -0.25) is 14.6 Å². The number of carbonyl (C=O) groups excluding carboxylic acids is 1. The molecule has 2 heterocycles. The minimum Gasteiger partial charge on any atom is -0.359 e. The number of unbranched alkanes of at least 4 members (excludes halogenated alkanes) is 1. The van der Waals surface area contributed by atoms with Crippen molar-refractivity contribution in [2.45, 2.75) is 26.3 Å². The number of carbonyl (C=O) groups is 1. The Labute approximate surface area is 175 Å². The zero-order valence-corrected chi connectivity index (χ0v) is 17.6. The van der Waals surface area contributed by atoms with Crippen LogP contribution in [0.25, 0.3) is 11.3 Å². The normalized spacial score (nSPS) is 15.7. The molecule has 152 valence electrons. The smallest absolute Gasteiger partial charge is 0.234 e. The topological polar surface area (TPSA) is 61.6 Å². The van der Waals surface area contributed by atoms with Gasteiger partial charge in [0.1, 0.15) is 5.69 Å². The summed E-state index contributed by atoms with van der Waals surface area (Å²) in [6, 6.07) is 7.25. The molecule has 0 radical (unpaired) electrons. The SMILES string of the molecule is CCCCNC(=O)CN1CCN(Cc2cc(-c3ccc(Cl)cc3Cl)no2)CC1. The van der Waals surface area contributed by atoms with E-state index >= 15 is 0 Å². The lowest BCUT2D eigenvalue weighted by Gasteiger charge is -2.33. The van der Waals surface area contributed by atoms with E-state index in [4.69, 9.17) is 27.7 Å². The summed E-state index contributed by atoms with van der Waals surface area (Å²) >= 11 is 12.2. The van der Waals surface area contributed by atoms with Crippen molar-refractivity contribution in [2.24, 2.45) is 0 Å². The van der Waals surface area contributed by atoms with E-state index in [-0.39, 0.29) is 5.91 Å². The first-order valence-electron chi connectivity index (χ1n) is 9.67. The first kappa shape index (κ1) is 21.1. The Kier molecular flexibility index (Phi) is 7.73. The molecule has 0 atom stereocenters. The number of amides is 1. The molecule has 0 saturated carbocycles. The third kappa shape index (κ3) is 5.95. The van der Waals surface area contributed by atoms with Crippen LogP contribution in [-0.2, 0) is 11.3 Å². The predicted molar refractivity (Wildman–Crippen MR) is 112 cm³/mol. The number of nitrogens with one attached hydrogen (secondary N) is 1. The van der Waals surface area contributed by atoms with Crippen LogP contribution in [0.3, 0.4) is 0 Å². The highest BCUT2D eigenvalue weighted by Gasteiger charge is 2.20. The summed E-state index contributed by atoms with van der Waals surface area (Å²) in [5, 5.41) is 8.26. The lowest BCUT2D eigenvalue weighted by atomic mass is 10.1. The maximum atomic E-state index is 11.9. The van der Waals surface area contributed by atoms with Crippen LogP contribution in [0.1, 0.15) is 25.5 Å². The van der Waals surface area contributed by atoms with E-state index in [2.05, 4.69) is 27.2 Å². The molecule has 6 nitrogen and oxygen atoms in total. The van der Waals surface area contributed by atoms with Crippen molar-refractivity contribution in [3.63, 3.8) is 0 Å². The Bertz CT molecular complexity index is 788. The van der Waals surface area contributed by atoms with Crippen LogP contribution in [-0.4, -0.2) is 60.1 Å². The zero-order chi connectivity index (χ0) is 19.9. The van der Waals surface area contributed by atoms with Crippen molar-refractivity contribution in [1.29, 1.82) is 0 Å². The molecular formula is C20H26Cl2N4O2. The molecule has 1 N–H and O–H groups in total. The molecule has 1 amide bonds. The fraction of sp³-hybridized carbons (Fsp3) is 0.500. The second-order valence-corrected chi connectivity index (χ2v) is 7.90. The van der Waals surface area contributed by atoms with Crippen molar-refractivity contribution in [2.75, 3.05) is 39.3 Å². The molecule has 1 aromatic carbocycles. The lowest BCUT2D eigenvalue weighted by molar-refractivity contribution is -0.122. The number of piperazine rings is 1. The zero-order valence-electron chi connectivity index (χ0n) is 16.1. The first-order valence-corrected chi connectivity index (χ1v) is 10.4. The van der Waals surface area contributed by atoms with Crippen molar-refractivity contribution >= 4 is 29.1 Å². The number of aromatic nitrogens is 1. The second-order valence-electron chi connectivity index (χ2n) is 7.06. The van der Waals surface area contributed by atoms with Gasteiger partial charge in [-0.1, -0.05) is 41.7 Å². The van der Waals surface area contributed by atoms with Crippen molar-refractivity contribution in [3.05, 3.63) is 40.1 Å². The van der Waals surface area contributed by atoms with Crippen LogP contribution in [0.4, 0.5) is 0 Å². The van der Waals surface area contributed by atoms with Gasteiger partial charge in [-0.05, 0) is 24.6 Å². The predicted octanol–water partition coefficient (Wildman–Crippen LogP) is 3.68. The second kappa shape index (κ2) is 10.3. The van der Waals surface area contributed by atoms with E-state index in [0.29, 0.717) is 28.8 Å². The summed E-state index contributed by atoms with van der Waals surface area (Å²) in [6.07, 6.45) is 2.12. The number of rotatable bonds is 8. The molecule has 28 heavy (non-hydrogen) atoms. The largest absolute Gasteiger partial charge is 0.359 e. The summed E-state index contributed by atoms with van der Waals surface area (Å²) < 4.78 is 5.49. The van der Waals surface area contributed by atoms with Crippen LogP contribution in [0, 0.1) is 0 Å². The van der Waals surface area contributed by atoms with E-state index in [0.717, 1.165) is 56.9 Å². The van der Waals surface area contributed by atoms with Gasteiger partial charge in [0.25, 0.3) is 0 Å². The maximum absolute atomic E-state index is 11.9. The molecule has 1 aromatic heterocycles. The summed E-state index contributed by atoms with van der Waals surface area (Å²) in [7, 11) is 0. The van der Waals surface area contributed by atoms with Gasteiger partial charge in [-0.2, -0.15) is 0 Å². The van der Waals surface area contributed by atoms with Crippen LogP contribution < -0.4 is 5.32 Å². The Balaban J connectivity index is 1.46. The molecule has 1 aliphatic heterocycles. The molecule has 0 bridgehead atoms. The molecule has 0 aliphatic carbocycles. The van der Waals surface area contributed by atoms with Crippen LogP contribution in [0.15, 0.2) is 28.8 Å². The number of nitrogens with zero attached hydrogens (tertiary/aromatic N) is 3. The molecule has 1 fully saturated rings. The molecule has 3 rings (SSSR count). The molecule has 0 spiro atoms. The van der Waals surface area contributed by atoms with Gasteiger partial charge in [0.15, 0.2) is 5.76 Å². The molecule has 8 heteroatoms. The Hall–Kier alpha value is -1.60. The van der Waals surface area contributed by atoms with Gasteiger partial charge in [0.05, 0.1) is 18.1 Å². The number of halogens is 2. The van der Waals surface area contributed by atoms with Gasteiger partial charge in [-0.25, -0.2) is 0 Å². The molecule has 1 aliphatic rings. The van der Waals surface area contributed by atoms with Crippen LogP contribution >= 0.6 is 23.2 Å². The number of benzene rings is 1. The lowest BCUT2D eigenvalue weighted by Crippen LogP contribution is -2.49. The summed E-state index contributed by atoms with van der Waals surface area (Å²) in [5.41, 5.74) is 1.51. The van der Waals surface area contributed by atoms with Crippen molar-refractivity contribution in [1.82, 2.24) is 20.3 Å². The quantitative estimate of drug-likeness (QED) is 0.654. The molecule has 2 aromatic rings. The van der Waals surface area contributed by atoms with Crippen molar-refractivity contribution < 1.29 is 9.32 Å².